The van der Waals surface area contributed by atoms with Gasteiger partial charge >= 0.3 is 0 Å². The van der Waals surface area contributed by atoms with Gasteiger partial charge in [0, 0.05) is 11.8 Å². The molecule has 0 N–H and O–H groups in total. The molecular weight excluding hydrogens is 207 g/mol. The Labute approximate surface area is 76.8 Å². The summed E-state index contributed by atoms with van der Waals surface area (Å²) >= 11 is 11.0. The Morgan fingerprint density at radius 2 is 1.45 bits per heavy atom. The normalized spacial score (nSPS) is 35.8. The standard InChI is InChI=1S/C6H10Cl2O2S/c7-3-5-1-2-6(4-8)11(5,9)10/h5-6H,1-4H2/t5-,6+. The van der Waals surface area contributed by atoms with Gasteiger partial charge in [0.15, 0.2) is 9.84 Å². The van der Waals surface area contributed by atoms with Crippen LogP contribution in [0, 0.1) is 0 Å². The molecule has 0 aliphatic carbocycles. The Hall–Kier alpha value is 0.530. The van der Waals surface area contributed by atoms with E-state index in [0.29, 0.717) is 12.8 Å². The van der Waals surface area contributed by atoms with Crippen molar-refractivity contribution >= 4 is 33.0 Å². The summed E-state index contributed by atoms with van der Waals surface area (Å²) in [5, 5.41) is -0.708. The third-order valence-electron chi connectivity index (χ3n) is 2.08. The molecule has 0 spiro atoms. The molecule has 0 bridgehead atoms. The number of alkyl halides is 2. The Balaban J connectivity index is 2.81. The Bertz CT molecular complexity index is 207. The van der Waals surface area contributed by atoms with Crippen LogP contribution in [0.3, 0.4) is 0 Å². The lowest BCUT2D eigenvalue weighted by molar-refractivity contribution is 0.588. The van der Waals surface area contributed by atoms with E-state index in [1.165, 1.54) is 0 Å². The van der Waals surface area contributed by atoms with Crippen LogP contribution in [0.5, 0.6) is 0 Å². The number of sulfone groups is 1. The van der Waals surface area contributed by atoms with E-state index in [-0.39, 0.29) is 22.3 Å². The molecular formula is C6H10Cl2O2S. The second-order valence-corrected chi connectivity index (χ2v) is 5.85. The van der Waals surface area contributed by atoms with Gasteiger partial charge in [-0.1, -0.05) is 0 Å². The first-order chi connectivity index (χ1) is 5.12. The highest BCUT2D eigenvalue weighted by Crippen LogP contribution is 2.28. The first-order valence-corrected chi connectivity index (χ1v) is 6.15. The molecule has 1 aliphatic heterocycles. The monoisotopic (exact) mass is 216 g/mol. The van der Waals surface area contributed by atoms with E-state index in [9.17, 15) is 8.42 Å². The summed E-state index contributed by atoms with van der Waals surface area (Å²) in [5.41, 5.74) is 0. The van der Waals surface area contributed by atoms with Crippen LogP contribution in [0.1, 0.15) is 12.8 Å². The molecule has 1 saturated heterocycles. The molecule has 0 aromatic heterocycles. The summed E-state index contributed by atoms with van der Waals surface area (Å²) in [4.78, 5) is 0. The maximum Gasteiger partial charge on any atom is 0.158 e. The van der Waals surface area contributed by atoms with Gasteiger partial charge < -0.3 is 0 Å². The molecule has 2 atom stereocenters. The molecule has 0 unspecified atom stereocenters. The van der Waals surface area contributed by atoms with E-state index in [1.807, 2.05) is 0 Å². The Kier molecular flexibility index (Phi) is 3.06. The Morgan fingerprint density at radius 3 is 1.64 bits per heavy atom. The van der Waals surface area contributed by atoms with Crippen LogP contribution < -0.4 is 0 Å². The molecule has 66 valence electrons. The van der Waals surface area contributed by atoms with Gasteiger partial charge in [-0.2, -0.15) is 0 Å². The third kappa shape index (κ3) is 1.65. The fourth-order valence-corrected chi connectivity index (χ4v) is 4.49. The average molecular weight is 217 g/mol. The molecule has 5 heteroatoms. The van der Waals surface area contributed by atoms with E-state index in [4.69, 9.17) is 23.2 Å². The van der Waals surface area contributed by atoms with Crippen LogP contribution in [0.2, 0.25) is 0 Å². The lowest BCUT2D eigenvalue weighted by atomic mass is 10.2. The molecule has 1 rings (SSSR count). The van der Waals surface area contributed by atoms with Crippen LogP contribution in [0.25, 0.3) is 0 Å². The molecule has 1 aliphatic rings. The van der Waals surface area contributed by atoms with E-state index in [2.05, 4.69) is 0 Å². The van der Waals surface area contributed by atoms with Crippen LogP contribution in [0.4, 0.5) is 0 Å². The fourth-order valence-electron chi connectivity index (χ4n) is 1.30. The minimum atomic E-state index is -2.99. The van der Waals surface area contributed by atoms with Crippen molar-refractivity contribution in [2.45, 2.75) is 23.3 Å². The van der Waals surface area contributed by atoms with Gasteiger partial charge in [0.1, 0.15) is 0 Å². The first-order valence-electron chi connectivity index (χ1n) is 3.47. The van der Waals surface area contributed by atoms with Gasteiger partial charge in [-0.25, -0.2) is 8.42 Å². The van der Waals surface area contributed by atoms with Crippen molar-refractivity contribution in [3.63, 3.8) is 0 Å². The maximum absolute atomic E-state index is 11.4. The molecule has 2 nitrogen and oxygen atoms in total. The van der Waals surface area contributed by atoms with Crippen molar-refractivity contribution in [2.24, 2.45) is 0 Å². The third-order valence-corrected chi connectivity index (χ3v) is 5.86. The van der Waals surface area contributed by atoms with Crippen LogP contribution in [0.15, 0.2) is 0 Å². The van der Waals surface area contributed by atoms with Crippen LogP contribution in [-0.2, 0) is 9.84 Å². The van der Waals surface area contributed by atoms with Crippen LogP contribution in [-0.4, -0.2) is 30.7 Å². The second kappa shape index (κ2) is 3.50. The molecule has 1 heterocycles. The van der Waals surface area contributed by atoms with E-state index >= 15 is 0 Å². The topological polar surface area (TPSA) is 34.1 Å². The van der Waals surface area contributed by atoms with Gasteiger partial charge in [-0.05, 0) is 12.8 Å². The zero-order chi connectivity index (χ0) is 8.48. The lowest BCUT2D eigenvalue weighted by Crippen LogP contribution is -2.25. The lowest BCUT2D eigenvalue weighted by Gasteiger charge is -2.07. The smallest absolute Gasteiger partial charge is 0.158 e. The summed E-state index contributed by atoms with van der Waals surface area (Å²) in [6.07, 6.45) is 1.34. The predicted molar refractivity (Wildman–Crippen MR) is 47.2 cm³/mol. The van der Waals surface area contributed by atoms with Crippen LogP contribution >= 0.6 is 23.2 Å². The molecule has 0 saturated carbocycles. The molecule has 0 radical (unpaired) electrons. The minimum Gasteiger partial charge on any atom is -0.228 e. The molecule has 11 heavy (non-hydrogen) atoms. The number of hydrogen-bond donors (Lipinski definition) is 0. The minimum absolute atomic E-state index is 0.204. The average Bonchev–Trinajstić information content (AvgIpc) is 2.24. The van der Waals surface area contributed by atoms with Gasteiger partial charge in [0.25, 0.3) is 0 Å². The zero-order valence-electron chi connectivity index (χ0n) is 5.96. The maximum atomic E-state index is 11.4. The van der Waals surface area contributed by atoms with Crippen molar-refractivity contribution in [2.75, 3.05) is 11.8 Å². The highest BCUT2D eigenvalue weighted by molar-refractivity contribution is 7.93. The van der Waals surface area contributed by atoms with Gasteiger partial charge in [0.2, 0.25) is 0 Å². The first kappa shape index (κ1) is 9.62. The summed E-state index contributed by atoms with van der Waals surface area (Å²) in [5.74, 6) is 0.408. The van der Waals surface area contributed by atoms with Crippen molar-refractivity contribution in [3.05, 3.63) is 0 Å². The van der Waals surface area contributed by atoms with Crippen molar-refractivity contribution in [1.82, 2.24) is 0 Å². The zero-order valence-corrected chi connectivity index (χ0v) is 8.29. The largest absolute Gasteiger partial charge is 0.228 e. The van der Waals surface area contributed by atoms with Crippen molar-refractivity contribution in [3.8, 4) is 0 Å². The molecule has 1 fully saturated rings. The second-order valence-electron chi connectivity index (χ2n) is 2.72. The molecule has 0 aromatic carbocycles. The number of hydrogen-bond acceptors (Lipinski definition) is 2. The van der Waals surface area contributed by atoms with E-state index in [0.717, 1.165) is 0 Å². The SMILES string of the molecule is O=S1(=O)[C@H](CCl)CC[C@@H]1CCl. The number of halogens is 2. The summed E-state index contributed by atoms with van der Waals surface area (Å²) in [7, 11) is -2.99. The number of rotatable bonds is 2. The van der Waals surface area contributed by atoms with E-state index < -0.39 is 9.84 Å². The summed E-state index contributed by atoms with van der Waals surface area (Å²) in [6.45, 7) is 0. The quantitative estimate of drug-likeness (QED) is 0.655. The van der Waals surface area contributed by atoms with Crippen molar-refractivity contribution in [1.29, 1.82) is 0 Å². The van der Waals surface area contributed by atoms with Gasteiger partial charge in [-0.3, -0.25) is 0 Å². The highest BCUT2D eigenvalue weighted by Gasteiger charge is 2.39. The molecule has 0 aromatic rings. The predicted octanol–water partition coefficient (Wildman–Crippen LogP) is 1.41. The van der Waals surface area contributed by atoms with E-state index in [1.54, 1.807) is 0 Å². The van der Waals surface area contributed by atoms with Crippen molar-refractivity contribution < 1.29 is 8.42 Å². The summed E-state index contributed by atoms with van der Waals surface area (Å²) < 4.78 is 22.8. The molecule has 0 amide bonds. The fraction of sp³-hybridized carbons (Fsp3) is 1.00. The highest BCUT2D eigenvalue weighted by atomic mass is 35.5. The summed E-state index contributed by atoms with van der Waals surface area (Å²) in [6, 6.07) is 0. The van der Waals surface area contributed by atoms with Gasteiger partial charge in [0.05, 0.1) is 10.5 Å². The van der Waals surface area contributed by atoms with Gasteiger partial charge in [-0.15, -0.1) is 23.2 Å². The Morgan fingerprint density at radius 1 is 1.09 bits per heavy atom.